The van der Waals surface area contributed by atoms with Crippen LogP contribution in [-0.2, 0) is 19.6 Å². The number of hydrogen-bond acceptors (Lipinski definition) is 4. The van der Waals surface area contributed by atoms with E-state index in [1.165, 1.54) is 11.1 Å². The van der Waals surface area contributed by atoms with Gasteiger partial charge >= 0.3 is 6.03 Å². The number of rotatable bonds is 6. The molecule has 2 N–H and O–H groups in total. The first-order valence-electron chi connectivity index (χ1n) is 8.98. The van der Waals surface area contributed by atoms with Gasteiger partial charge < -0.3 is 25.0 Å². The molecular weight excluding hydrogens is 330 g/mol. The van der Waals surface area contributed by atoms with E-state index in [9.17, 15) is 4.79 Å². The number of nitrogens with one attached hydrogen (secondary N) is 2. The number of ether oxygens (including phenoxy) is 2. The Kier molecular flexibility index (Phi) is 4.93. The van der Waals surface area contributed by atoms with Crippen LogP contribution < -0.4 is 20.1 Å². The van der Waals surface area contributed by atoms with Gasteiger partial charge in [0.15, 0.2) is 11.5 Å². The fourth-order valence-electron chi connectivity index (χ4n) is 3.19. The van der Waals surface area contributed by atoms with Crippen LogP contribution in [0.3, 0.4) is 0 Å². The van der Waals surface area contributed by atoms with Crippen LogP contribution in [0.1, 0.15) is 16.7 Å². The average Bonchev–Trinajstić information content (AvgIpc) is 3.08. The lowest BCUT2D eigenvalue weighted by molar-refractivity contribution is 0.171. The second-order valence-corrected chi connectivity index (χ2v) is 6.55. The molecule has 0 aromatic heterocycles. The molecular formula is C20H23N3O3. The van der Waals surface area contributed by atoms with E-state index in [2.05, 4.69) is 41.0 Å². The fraction of sp³-hybridized carbons (Fsp3) is 0.350. The maximum Gasteiger partial charge on any atom is 0.317 e. The second-order valence-electron chi connectivity index (χ2n) is 6.55. The van der Waals surface area contributed by atoms with E-state index in [1.54, 1.807) is 0 Å². The zero-order valence-electron chi connectivity index (χ0n) is 14.7. The molecule has 2 heterocycles. The smallest absolute Gasteiger partial charge is 0.317 e. The molecule has 1 fully saturated rings. The summed E-state index contributed by atoms with van der Waals surface area (Å²) in [5.74, 6) is 1.65. The average molecular weight is 353 g/mol. The molecule has 4 rings (SSSR count). The highest BCUT2D eigenvalue weighted by atomic mass is 16.6. The van der Waals surface area contributed by atoms with Crippen molar-refractivity contribution in [2.75, 3.05) is 26.3 Å². The van der Waals surface area contributed by atoms with Crippen LogP contribution in [0.5, 0.6) is 11.5 Å². The summed E-state index contributed by atoms with van der Waals surface area (Å²) < 4.78 is 11.2. The highest BCUT2D eigenvalue weighted by Gasteiger charge is 2.19. The first-order valence-corrected chi connectivity index (χ1v) is 8.98. The van der Waals surface area contributed by atoms with E-state index in [-0.39, 0.29) is 6.03 Å². The van der Waals surface area contributed by atoms with Crippen molar-refractivity contribution in [2.24, 2.45) is 0 Å². The van der Waals surface area contributed by atoms with Crippen molar-refractivity contribution < 1.29 is 14.3 Å². The first-order chi connectivity index (χ1) is 12.8. The molecule has 6 nitrogen and oxygen atoms in total. The van der Waals surface area contributed by atoms with Crippen LogP contribution in [0.4, 0.5) is 4.79 Å². The van der Waals surface area contributed by atoms with E-state index >= 15 is 0 Å². The molecule has 0 unspecified atom stereocenters. The van der Waals surface area contributed by atoms with Crippen molar-refractivity contribution in [1.82, 2.24) is 15.5 Å². The Hall–Kier alpha value is -2.73. The molecule has 2 aliphatic heterocycles. The minimum atomic E-state index is 0.0233. The lowest BCUT2D eigenvalue weighted by Crippen LogP contribution is -2.27. The summed E-state index contributed by atoms with van der Waals surface area (Å²) in [7, 11) is 0. The molecule has 0 bridgehead atoms. The topological polar surface area (TPSA) is 62.8 Å². The number of urea groups is 1. The van der Waals surface area contributed by atoms with Crippen LogP contribution in [0, 0.1) is 0 Å². The highest BCUT2D eigenvalue weighted by Crippen LogP contribution is 2.30. The van der Waals surface area contributed by atoms with Crippen LogP contribution in [-0.4, -0.2) is 37.2 Å². The summed E-state index contributed by atoms with van der Waals surface area (Å²) in [6.07, 6.45) is 0. The summed E-state index contributed by atoms with van der Waals surface area (Å²) in [6, 6.07) is 14.5. The van der Waals surface area contributed by atoms with Crippen LogP contribution in [0.25, 0.3) is 0 Å². The third-order valence-electron chi connectivity index (χ3n) is 4.61. The number of carbonyl (C=O) groups excluding carboxylic acids is 1. The Bertz CT molecular complexity index is 776. The Labute approximate surface area is 153 Å². The zero-order chi connectivity index (χ0) is 17.8. The summed E-state index contributed by atoms with van der Waals surface area (Å²) in [5.41, 5.74) is 3.54. The molecule has 2 aromatic rings. The molecule has 6 heteroatoms. The molecule has 2 aliphatic rings. The van der Waals surface area contributed by atoms with Gasteiger partial charge in [0.1, 0.15) is 13.2 Å². The van der Waals surface area contributed by atoms with E-state index in [0.29, 0.717) is 19.8 Å². The van der Waals surface area contributed by atoms with Gasteiger partial charge in [-0.1, -0.05) is 30.3 Å². The van der Waals surface area contributed by atoms with E-state index in [0.717, 1.165) is 43.2 Å². The van der Waals surface area contributed by atoms with Gasteiger partial charge in [-0.25, -0.2) is 4.79 Å². The third kappa shape index (κ3) is 3.91. The third-order valence-corrected chi connectivity index (χ3v) is 4.61. The lowest BCUT2D eigenvalue weighted by Gasteiger charge is -2.19. The molecule has 136 valence electrons. The van der Waals surface area contributed by atoms with Gasteiger partial charge in [-0.05, 0) is 28.8 Å². The maximum absolute atomic E-state index is 11.6. The Morgan fingerprint density at radius 1 is 0.923 bits per heavy atom. The number of fused-ring (bicyclic) bond motifs is 1. The lowest BCUT2D eigenvalue weighted by atomic mass is 10.1. The maximum atomic E-state index is 11.6. The molecule has 0 aliphatic carbocycles. The fourth-order valence-corrected chi connectivity index (χ4v) is 3.19. The van der Waals surface area contributed by atoms with Gasteiger partial charge in [0.05, 0.1) is 0 Å². The minimum Gasteiger partial charge on any atom is -0.486 e. The van der Waals surface area contributed by atoms with E-state index in [1.807, 2.05) is 17.0 Å². The molecule has 1 saturated heterocycles. The van der Waals surface area contributed by atoms with E-state index < -0.39 is 0 Å². The van der Waals surface area contributed by atoms with Crippen molar-refractivity contribution in [3.05, 3.63) is 59.2 Å². The van der Waals surface area contributed by atoms with Gasteiger partial charge in [0, 0.05) is 32.7 Å². The summed E-state index contributed by atoms with van der Waals surface area (Å²) in [6.45, 7) is 4.96. The van der Waals surface area contributed by atoms with Gasteiger partial charge in [0.2, 0.25) is 0 Å². The summed E-state index contributed by atoms with van der Waals surface area (Å²) in [4.78, 5) is 13.4. The second kappa shape index (κ2) is 7.66. The zero-order valence-corrected chi connectivity index (χ0v) is 14.7. The van der Waals surface area contributed by atoms with E-state index in [4.69, 9.17) is 9.47 Å². The number of carbonyl (C=O) groups is 1. The highest BCUT2D eigenvalue weighted by molar-refractivity contribution is 5.76. The predicted molar refractivity (Wildman–Crippen MR) is 98.2 cm³/mol. The molecule has 0 radical (unpaired) electrons. The molecule has 26 heavy (non-hydrogen) atoms. The van der Waals surface area contributed by atoms with Gasteiger partial charge in [-0.3, -0.25) is 0 Å². The normalized spacial score (nSPS) is 15.8. The van der Waals surface area contributed by atoms with Crippen LogP contribution in [0.2, 0.25) is 0 Å². The van der Waals surface area contributed by atoms with Crippen LogP contribution >= 0.6 is 0 Å². The van der Waals surface area contributed by atoms with Crippen molar-refractivity contribution in [2.45, 2.75) is 19.6 Å². The summed E-state index contributed by atoms with van der Waals surface area (Å²) >= 11 is 0. The van der Waals surface area contributed by atoms with Crippen molar-refractivity contribution in [3.8, 4) is 11.5 Å². The van der Waals surface area contributed by atoms with Crippen molar-refractivity contribution >= 4 is 6.03 Å². The van der Waals surface area contributed by atoms with Gasteiger partial charge in [0.25, 0.3) is 0 Å². The number of hydrogen-bond donors (Lipinski definition) is 2. The Balaban J connectivity index is 1.27. The molecule has 2 amide bonds. The quantitative estimate of drug-likeness (QED) is 0.836. The van der Waals surface area contributed by atoms with Crippen molar-refractivity contribution in [1.29, 1.82) is 0 Å². The monoisotopic (exact) mass is 353 g/mol. The molecule has 0 spiro atoms. The Morgan fingerprint density at radius 2 is 1.62 bits per heavy atom. The van der Waals surface area contributed by atoms with Gasteiger partial charge in [-0.2, -0.15) is 0 Å². The van der Waals surface area contributed by atoms with Gasteiger partial charge in [-0.15, -0.1) is 0 Å². The molecule has 0 saturated carbocycles. The molecule has 0 atom stereocenters. The largest absolute Gasteiger partial charge is 0.486 e. The Morgan fingerprint density at radius 3 is 2.38 bits per heavy atom. The molecule has 2 aromatic carbocycles. The standard InChI is InChI=1S/C20H23N3O3/c24-20-22-7-8-23(20)14-16-3-1-15(2-4-16)12-21-13-17-5-6-18-19(11-17)26-10-9-25-18/h1-6,11,21H,7-10,12-14H2,(H,22,24). The number of nitrogens with zero attached hydrogens (tertiary/aromatic N) is 1. The van der Waals surface area contributed by atoms with Crippen molar-refractivity contribution in [3.63, 3.8) is 0 Å². The number of amides is 2. The number of benzene rings is 2. The van der Waals surface area contributed by atoms with Crippen LogP contribution in [0.15, 0.2) is 42.5 Å². The SMILES string of the molecule is O=C1NCCN1Cc1ccc(CNCc2ccc3c(c2)OCCO3)cc1. The minimum absolute atomic E-state index is 0.0233. The predicted octanol–water partition coefficient (Wildman–Crippen LogP) is 2.27. The first kappa shape index (κ1) is 16.7. The summed E-state index contributed by atoms with van der Waals surface area (Å²) in [5, 5.41) is 6.28.